The lowest BCUT2D eigenvalue weighted by Crippen LogP contribution is -2.55. The monoisotopic (exact) mass is 262 g/mol. The molecule has 2 unspecified atom stereocenters. The highest BCUT2D eigenvalue weighted by Gasteiger charge is 2.27. The third-order valence-corrected chi connectivity index (χ3v) is 3.61. The summed E-state index contributed by atoms with van der Waals surface area (Å²) in [6.07, 6.45) is 0. The van der Waals surface area contributed by atoms with E-state index in [1.165, 1.54) is 0 Å². The maximum absolute atomic E-state index is 11.7. The van der Waals surface area contributed by atoms with Crippen molar-refractivity contribution in [3.05, 3.63) is 22.9 Å². The molecular weight excluding hydrogens is 240 g/mol. The Balaban J connectivity index is 2.50. The van der Waals surface area contributed by atoms with Gasteiger partial charge in [0.15, 0.2) is 0 Å². The van der Waals surface area contributed by atoms with Crippen LogP contribution in [-0.2, 0) is 0 Å². The number of aryl methyl sites for hydroxylation is 2. The minimum atomic E-state index is -0.404. The molecule has 5 heteroatoms. The van der Waals surface area contributed by atoms with Crippen molar-refractivity contribution < 1.29 is 4.79 Å². The second kappa shape index (κ2) is 5.17. The van der Waals surface area contributed by atoms with Crippen LogP contribution in [0.15, 0.2) is 6.07 Å². The van der Waals surface area contributed by atoms with Gasteiger partial charge in [-0.05, 0) is 39.3 Å². The number of carbonyl (C=O) groups excluding carboxylic acids is 1. The van der Waals surface area contributed by atoms with Gasteiger partial charge >= 0.3 is 0 Å². The SMILES string of the molecule is Cc1cc(C)c(C(N)=O)c(N2CC(C)NCC2C)n1. The van der Waals surface area contributed by atoms with Gasteiger partial charge in [0.1, 0.15) is 5.82 Å². The fourth-order valence-electron chi connectivity index (χ4n) is 2.65. The van der Waals surface area contributed by atoms with Gasteiger partial charge in [0.25, 0.3) is 5.91 Å². The van der Waals surface area contributed by atoms with Gasteiger partial charge in [0, 0.05) is 30.9 Å². The molecule has 0 saturated carbocycles. The average Bonchev–Trinajstić information content (AvgIpc) is 2.30. The van der Waals surface area contributed by atoms with E-state index in [9.17, 15) is 4.79 Å². The lowest BCUT2D eigenvalue weighted by Gasteiger charge is -2.39. The lowest BCUT2D eigenvalue weighted by atomic mass is 10.1. The molecule has 0 aliphatic carbocycles. The summed E-state index contributed by atoms with van der Waals surface area (Å²) >= 11 is 0. The maximum Gasteiger partial charge on any atom is 0.252 e. The topological polar surface area (TPSA) is 71.2 Å². The van der Waals surface area contributed by atoms with E-state index in [1.807, 2.05) is 19.9 Å². The van der Waals surface area contributed by atoms with E-state index in [-0.39, 0.29) is 0 Å². The summed E-state index contributed by atoms with van der Waals surface area (Å²) in [6, 6.07) is 2.57. The number of rotatable bonds is 2. The molecule has 0 spiro atoms. The van der Waals surface area contributed by atoms with Crippen molar-refractivity contribution in [3.63, 3.8) is 0 Å². The minimum Gasteiger partial charge on any atom is -0.365 e. The fourth-order valence-corrected chi connectivity index (χ4v) is 2.65. The van der Waals surface area contributed by atoms with Crippen LogP contribution in [0.1, 0.15) is 35.5 Å². The Bertz CT molecular complexity index is 500. The Morgan fingerprint density at radius 2 is 2.16 bits per heavy atom. The molecule has 2 atom stereocenters. The molecule has 1 aromatic heterocycles. The van der Waals surface area contributed by atoms with Crippen LogP contribution in [0.25, 0.3) is 0 Å². The van der Waals surface area contributed by atoms with Crippen LogP contribution in [0.5, 0.6) is 0 Å². The quantitative estimate of drug-likeness (QED) is 0.833. The molecule has 1 amide bonds. The molecule has 1 aromatic rings. The minimum absolute atomic E-state index is 0.294. The summed E-state index contributed by atoms with van der Waals surface area (Å²) in [5.41, 5.74) is 7.89. The third kappa shape index (κ3) is 2.71. The first-order chi connectivity index (χ1) is 8.90. The van der Waals surface area contributed by atoms with Crippen LogP contribution in [0.2, 0.25) is 0 Å². The standard InChI is InChI=1S/C14H22N4O/c1-8-5-9(2)17-14(12(8)13(15)19)18-7-10(3)16-6-11(18)4/h5,10-11,16H,6-7H2,1-4H3,(H2,15,19). The average molecular weight is 262 g/mol. The highest BCUT2D eigenvalue weighted by molar-refractivity contribution is 5.99. The largest absolute Gasteiger partial charge is 0.365 e. The number of hydrogen-bond acceptors (Lipinski definition) is 4. The number of hydrogen-bond donors (Lipinski definition) is 2. The van der Waals surface area contributed by atoms with Gasteiger partial charge in [-0.2, -0.15) is 0 Å². The van der Waals surface area contributed by atoms with Crippen LogP contribution in [-0.4, -0.2) is 36.1 Å². The number of nitrogens with two attached hydrogens (primary N) is 1. The zero-order valence-corrected chi connectivity index (χ0v) is 12.0. The highest BCUT2D eigenvalue weighted by atomic mass is 16.1. The Hall–Kier alpha value is -1.62. The molecule has 19 heavy (non-hydrogen) atoms. The molecule has 0 bridgehead atoms. The number of primary amides is 1. The number of anilines is 1. The summed E-state index contributed by atoms with van der Waals surface area (Å²) < 4.78 is 0. The van der Waals surface area contributed by atoms with Crippen molar-refractivity contribution in [2.24, 2.45) is 5.73 Å². The molecule has 2 rings (SSSR count). The molecule has 0 radical (unpaired) electrons. The molecule has 2 heterocycles. The summed E-state index contributed by atoms with van der Waals surface area (Å²) in [4.78, 5) is 18.5. The van der Waals surface area contributed by atoms with Gasteiger partial charge in [-0.25, -0.2) is 4.98 Å². The van der Waals surface area contributed by atoms with E-state index in [1.54, 1.807) is 0 Å². The summed E-state index contributed by atoms with van der Waals surface area (Å²) in [5.74, 6) is 0.323. The number of nitrogens with zero attached hydrogens (tertiary/aromatic N) is 2. The summed E-state index contributed by atoms with van der Waals surface area (Å²) in [6.45, 7) is 9.83. The molecule has 1 aliphatic rings. The molecule has 3 N–H and O–H groups in total. The van der Waals surface area contributed by atoms with Crippen molar-refractivity contribution >= 4 is 11.7 Å². The van der Waals surface area contributed by atoms with E-state index in [4.69, 9.17) is 5.73 Å². The molecule has 0 aromatic carbocycles. The Morgan fingerprint density at radius 3 is 2.79 bits per heavy atom. The number of amides is 1. The van der Waals surface area contributed by atoms with Gasteiger partial charge < -0.3 is 16.0 Å². The van der Waals surface area contributed by atoms with E-state index >= 15 is 0 Å². The maximum atomic E-state index is 11.7. The van der Waals surface area contributed by atoms with Gasteiger partial charge in [0.2, 0.25) is 0 Å². The first kappa shape index (κ1) is 13.8. The van der Waals surface area contributed by atoms with Crippen molar-refractivity contribution in [2.75, 3.05) is 18.0 Å². The number of piperazine rings is 1. The first-order valence-electron chi connectivity index (χ1n) is 6.68. The van der Waals surface area contributed by atoms with E-state index in [2.05, 4.69) is 29.0 Å². The summed E-state index contributed by atoms with van der Waals surface area (Å²) in [7, 11) is 0. The van der Waals surface area contributed by atoms with Gasteiger partial charge in [0.05, 0.1) is 5.56 Å². The molecule has 1 aliphatic heterocycles. The fraction of sp³-hybridized carbons (Fsp3) is 0.571. The van der Waals surface area contributed by atoms with Crippen LogP contribution in [0.4, 0.5) is 5.82 Å². The second-order valence-electron chi connectivity index (χ2n) is 5.45. The van der Waals surface area contributed by atoms with Crippen molar-refractivity contribution in [1.29, 1.82) is 0 Å². The Labute approximate surface area is 114 Å². The van der Waals surface area contributed by atoms with E-state index in [0.717, 1.165) is 30.2 Å². The number of carbonyl (C=O) groups is 1. The number of pyridine rings is 1. The lowest BCUT2D eigenvalue weighted by molar-refractivity contribution is 0.0999. The van der Waals surface area contributed by atoms with Crippen LogP contribution < -0.4 is 16.0 Å². The molecule has 5 nitrogen and oxygen atoms in total. The normalized spacial score (nSPS) is 23.5. The second-order valence-corrected chi connectivity index (χ2v) is 5.45. The van der Waals surface area contributed by atoms with Crippen molar-refractivity contribution in [1.82, 2.24) is 10.3 Å². The van der Waals surface area contributed by atoms with Gasteiger partial charge in [-0.3, -0.25) is 4.79 Å². The first-order valence-corrected chi connectivity index (χ1v) is 6.68. The molecule has 1 saturated heterocycles. The highest BCUT2D eigenvalue weighted by Crippen LogP contribution is 2.25. The van der Waals surface area contributed by atoms with Crippen LogP contribution >= 0.6 is 0 Å². The zero-order valence-electron chi connectivity index (χ0n) is 12.0. The van der Waals surface area contributed by atoms with Crippen molar-refractivity contribution in [3.8, 4) is 0 Å². The molecule has 1 fully saturated rings. The predicted octanol–water partition coefficient (Wildman–Crippen LogP) is 0.984. The van der Waals surface area contributed by atoms with Crippen LogP contribution in [0, 0.1) is 13.8 Å². The van der Waals surface area contributed by atoms with Crippen molar-refractivity contribution in [2.45, 2.75) is 39.8 Å². The smallest absolute Gasteiger partial charge is 0.252 e. The van der Waals surface area contributed by atoms with Gasteiger partial charge in [-0.1, -0.05) is 0 Å². The number of nitrogens with one attached hydrogen (secondary N) is 1. The predicted molar refractivity (Wildman–Crippen MR) is 76.5 cm³/mol. The van der Waals surface area contributed by atoms with E-state index < -0.39 is 5.91 Å². The Kier molecular flexibility index (Phi) is 3.75. The van der Waals surface area contributed by atoms with Gasteiger partial charge in [-0.15, -0.1) is 0 Å². The Morgan fingerprint density at radius 1 is 1.47 bits per heavy atom. The third-order valence-electron chi connectivity index (χ3n) is 3.61. The summed E-state index contributed by atoms with van der Waals surface area (Å²) in [5, 5.41) is 3.42. The zero-order chi connectivity index (χ0) is 14.2. The molecular formula is C14H22N4O. The number of aromatic nitrogens is 1. The van der Waals surface area contributed by atoms with E-state index in [0.29, 0.717) is 17.6 Å². The van der Waals surface area contributed by atoms with Crippen LogP contribution in [0.3, 0.4) is 0 Å². The molecule has 104 valence electrons.